The molecule has 1 aromatic heterocycles. The average Bonchev–Trinajstić information content (AvgIpc) is 3.14. The number of hydrogen-bond donors (Lipinski definition) is 1. The lowest BCUT2D eigenvalue weighted by Crippen LogP contribution is -2.30. The van der Waals surface area contributed by atoms with Gasteiger partial charge in [-0.3, -0.25) is 4.79 Å². The van der Waals surface area contributed by atoms with E-state index in [1.165, 1.54) is 5.56 Å². The van der Waals surface area contributed by atoms with Gasteiger partial charge in [-0.15, -0.1) is 0 Å². The summed E-state index contributed by atoms with van der Waals surface area (Å²) in [6.45, 7) is 2.95. The van der Waals surface area contributed by atoms with Gasteiger partial charge in [0.25, 0.3) is 5.91 Å². The fourth-order valence-electron chi connectivity index (χ4n) is 3.09. The van der Waals surface area contributed by atoms with Crippen LogP contribution in [0.4, 0.5) is 0 Å². The van der Waals surface area contributed by atoms with Crippen LogP contribution in [-0.2, 0) is 11.2 Å². The van der Waals surface area contributed by atoms with Crippen LogP contribution in [-0.4, -0.2) is 19.1 Å². The van der Waals surface area contributed by atoms with Crippen LogP contribution in [0.3, 0.4) is 0 Å². The molecule has 2 heterocycles. The molecule has 0 aliphatic carbocycles. The summed E-state index contributed by atoms with van der Waals surface area (Å²) >= 11 is 0. The third-order valence-corrected chi connectivity index (χ3v) is 4.41. The van der Waals surface area contributed by atoms with Crippen molar-refractivity contribution in [3.8, 4) is 0 Å². The Labute approximate surface area is 147 Å². The van der Waals surface area contributed by atoms with E-state index in [4.69, 9.17) is 9.15 Å². The Morgan fingerprint density at radius 2 is 2.08 bits per heavy atom. The van der Waals surface area contributed by atoms with Crippen molar-refractivity contribution >= 4 is 5.91 Å². The molecule has 3 rings (SSSR count). The molecule has 1 atom stereocenters. The highest BCUT2D eigenvalue weighted by Crippen LogP contribution is 2.28. The first-order chi connectivity index (χ1) is 12.1. The maximum absolute atomic E-state index is 12.3. The maximum atomic E-state index is 12.3. The number of nitrogens with one attached hydrogen (secondary N) is 1. The van der Waals surface area contributed by atoms with E-state index in [2.05, 4.69) is 17.4 Å². The lowest BCUT2D eigenvalue weighted by molar-refractivity contribution is 0.0883. The normalized spacial score (nSPS) is 16.8. The fraction of sp³-hybridized carbons (Fsp3) is 0.400. The lowest BCUT2D eigenvalue weighted by Gasteiger charge is -2.11. The number of rotatable bonds is 6. The number of carbonyl (C=O) groups excluding carboxylic acids is 1. The Hall–Kier alpha value is -2.40. The van der Waals surface area contributed by atoms with Gasteiger partial charge in [-0.1, -0.05) is 30.3 Å². The molecular formula is C20H23NO4. The second kappa shape index (κ2) is 8.12. The minimum atomic E-state index is -0.592. The molecule has 1 saturated heterocycles. The van der Waals surface area contributed by atoms with Crippen LogP contribution < -0.4 is 10.9 Å². The van der Waals surface area contributed by atoms with Gasteiger partial charge in [0.15, 0.2) is 0 Å². The predicted octanol–water partition coefficient (Wildman–Crippen LogP) is 3.16. The van der Waals surface area contributed by atoms with Crippen molar-refractivity contribution in [2.45, 2.75) is 38.7 Å². The van der Waals surface area contributed by atoms with E-state index < -0.39 is 5.63 Å². The molecule has 0 saturated carbocycles. The molecule has 5 heteroatoms. The fourth-order valence-corrected chi connectivity index (χ4v) is 3.09. The van der Waals surface area contributed by atoms with E-state index in [1.54, 1.807) is 13.0 Å². The quantitative estimate of drug-likeness (QED) is 0.820. The first-order valence-electron chi connectivity index (χ1n) is 8.73. The van der Waals surface area contributed by atoms with Crippen LogP contribution in [0.5, 0.6) is 0 Å². The molecule has 5 nitrogen and oxygen atoms in total. The van der Waals surface area contributed by atoms with E-state index in [0.29, 0.717) is 24.5 Å². The Balaban J connectivity index is 1.59. The topological polar surface area (TPSA) is 68.5 Å². The molecule has 1 amide bonds. The first-order valence-corrected chi connectivity index (χ1v) is 8.73. The van der Waals surface area contributed by atoms with Crippen molar-refractivity contribution in [2.75, 3.05) is 13.2 Å². The molecule has 25 heavy (non-hydrogen) atoms. The molecule has 1 aromatic carbocycles. The van der Waals surface area contributed by atoms with Crippen LogP contribution in [0.1, 0.15) is 52.6 Å². The molecule has 0 bridgehead atoms. The number of ether oxygens (including phenoxy) is 1. The van der Waals surface area contributed by atoms with Crippen LogP contribution in [0, 0.1) is 6.92 Å². The zero-order chi connectivity index (χ0) is 17.6. The van der Waals surface area contributed by atoms with Crippen LogP contribution >= 0.6 is 0 Å². The average molecular weight is 341 g/mol. The van der Waals surface area contributed by atoms with Crippen molar-refractivity contribution in [2.24, 2.45) is 0 Å². The highest BCUT2D eigenvalue weighted by atomic mass is 16.5. The summed E-state index contributed by atoms with van der Waals surface area (Å²) < 4.78 is 10.9. The van der Waals surface area contributed by atoms with Gasteiger partial charge in [0.2, 0.25) is 0 Å². The summed E-state index contributed by atoms with van der Waals surface area (Å²) in [4.78, 5) is 24.6. The zero-order valence-corrected chi connectivity index (χ0v) is 14.4. The number of benzene rings is 1. The van der Waals surface area contributed by atoms with Gasteiger partial charge in [0.05, 0.1) is 0 Å². The van der Waals surface area contributed by atoms with Crippen molar-refractivity contribution in [1.82, 2.24) is 5.32 Å². The largest absolute Gasteiger partial charge is 0.424 e. The summed E-state index contributed by atoms with van der Waals surface area (Å²) in [7, 11) is 0. The van der Waals surface area contributed by atoms with Gasteiger partial charge < -0.3 is 14.5 Å². The number of amides is 1. The van der Waals surface area contributed by atoms with Gasteiger partial charge in [-0.05, 0) is 49.8 Å². The summed E-state index contributed by atoms with van der Waals surface area (Å²) in [6.07, 6.45) is 3.32. The molecule has 132 valence electrons. The SMILES string of the molecule is Cc1cc(C2CCCO2)oc(=O)c1C(=O)NCCCc1ccccc1. The van der Waals surface area contributed by atoms with Gasteiger partial charge in [0, 0.05) is 13.2 Å². The molecule has 1 N–H and O–H groups in total. The molecule has 1 aliphatic rings. The Morgan fingerprint density at radius 1 is 1.28 bits per heavy atom. The van der Waals surface area contributed by atoms with Crippen molar-refractivity contribution in [3.05, 3.63) is 69.3 Å². The van der Waals surface area contributed by atoms with Gasteiger partial charge in [-0.2, -0.15) is 0 Å². The van der Waals surface area contributed by atoms with E-state index in [-0.39, 0.29) is 17.6 Å². The van der Waals surface area contributed by atoms with E-state index in [1.807, 2.05) is 18.2 Å². The van der Waals surface area contributed by atoms with E-state index in [9.17, 15) is 9.59 Å². The summed E-state index contributed by atoms with van der Waals surface area (Å²) in [5, 5.41) is 2.81. The number of carbonyl (C=O) groups is 1. The van der Waals surface area contributed by atoms with Crippen molar-refractivity contribution < 1.29 is 13.9 Å². The monoisotopic (exact) mass is 341 g/mol. The maximum Gasteiger partial charge on any atom is 0.349 e. The number of hydrogen-bond acceptors (Lipinski definition) is 4. The van der Waals surface area contributed by atoms with Gasteiger partial charge in [-0.25, -0.2) is 4.79 Å². The van der Waals surface area contributed by atoms with Crippen LogP contribution in [0.25, 0.3) is 0 Å². The molecular weight excluding hydrogens is 318 g/mol. The molecule has 2 aromatic rings. The molecule has 0 radical (unpaired) electrons. The lowest BCUT2D eigenvalue weighted by atomic mass is 10.1. The highest BCUT2D eigenvalue weighted by molar-refractivity contribution is 5.95. The third kappa shape index (κ3) is 4.37. The van der Waals surface area contributed by atoms with Gasteiger partial charge in [0.1, 0.15) is 17.4 Å². The second-order valence-corrected chi connectivity index (χ2v) is 6.34. The summed E-state index contributed by atoms with van der Waals surface area (Å²) in [6, 6.07) is 11.8. The molecule has 1 aliphatic heterocycles. The Morgan fingerprint density at radius 3 is 2.76 bits per heavy atom. The van der Waals surface area contributed by atoms with Crippen LogP contribution in [0.2, 0.25) is 0 Å². The zero-order valence-electron chi connectivity index (χ0n) is 14.4. The van der Waals surface area contributed by atoms with Crippen molar-refractivity contribution in [3.63, 3.8) is 0 Å². The first kappa shape index (κ1) is 17.4. The smallest absolute Gasteiger partial charge is 0.349 e. The molecule has 1 unspecified atom stereocenters. The van der Waals surface area contributed by atoms with E-state index in [0.717, 1.165) is 25.7 Å². The Bertz CT molecular complexity index is 776. The van der Waals surface area contributed by atoms with Crippen LogP contribution in [0.15, 0.2) is 45.6 Å². The van der Waals surface area contributed by atoms with Crippen molar-refractivity contribution in [1.29, 1.82) is 0 Å². The molecule has 0 spiro atoms. The van der Waals surface area contributed by atoms with E-state index >= 15 is 0 Å². The third-order valence-electron chi connectivity index (χ3n) is 4.41. The molecule has 1 fully saturated rings. The minimum absolute atomic E-state index is 0.0847. The summed E-state index contributed by atoms with van der Waals surface area (Å²) in [5.74, 6) is 0.138. The van der Waals surface area contributed by atoms with Gasteiger partial charge >= 0.3 is 5.63 Å². The highest BCUT2D eigenvalue weighted by Gasteiger charge is 2.23. The summed E-state index contributed by atoms with van der Waals surface area (Å²) in [5.41, 5.74) is 1.35. The standard InChI is InChI=1S/C20H23NO4/c1-14-13-17(16-10-6-12-24-16)25-20(23)18(14)19(22)21-11-5-9-15-7-3-2-4-8-15/h2-4,7-8,13,16H,5-6,9-12H2,1H3,(H,21,22). The second-order valence-electron chi connectivity index (χ2n) is 6.34. The predicted molar refractivity (Wildman–Crippen MR) is 94.7 cm³/mol. The number of aryl methyl sites for hydroxylation is 2. The minimum Gasteiger partial charge on any atom is -0.424 e. The Kier molecular flexibility index (Phi) is 5.66.